The predicted octanol–water partition coefficient (Wildman–Crippen LogP) is 5.21. The summed E-state index contributed by atoms with van der Waals surface area (Å²) in [5.74, 6) is 1.11. The minimum absolute atomic E-state index is 0.00530. The fourth-order valence-electron chi connectivity index (χ4n) is 3.04. The topological polar surface area (TPSA) is 105 Å². The molecule has 4 rings (SSSR count). The molecule has 2 N–H and O–H groups in total. The van der Waals surface area contributed by atoms with Crippen molar-refractivity contribution in [2.75, 3.05) is 12.4 Å². The monoisotopic (exact) mass is 516 g/mol. The molecular weight excluding hydrogens is 499 g/mol. The Morgan fingerprint density at radius 2 is 2.00 bits per heavy atom. The van der Waals surface area contributed by atoms with Crippen molar-refractivity contribution in [1.29, 1.82) is 0 Å². The van der Waals surface area contributed by atoms with Gasteiger partial charge in [-0.1, -0.05) is 35.0 Å². The fourth-order valence-corrected chi connectivity index (χ4v) is 4.46. The highest BCUT2D eigenvalue weighted by atomic mass is 35.5. The first-order chi connectivity index (χ1) is 16.4. The van der Waals surface area contributed by atoms with Crippen LogP contribution in [0, 0.1) is 0 Å². The maximum Gasteiger partial charge on any atom is 0.240 e. The highest BCUT2D eigenvalue weighted by Crippen LogP contribution is 2.31. The van der Waals surface area contributed by atoms with E-state index in [9.17, 15) is 9.59 Å². The van der Waals surface area contributed by atoms with E-state index in [1.54, 1.807) is 61.7 Å². The van der Waals surface area contributed by atoms with E-state index in [4.69, 9.17) is 32.4 Å². The van der Waals surface area contributed by atoms with Crippen LogP contribution in [-0.4, -0.2) is 35.6 Å². The van der Waals surface area contributed by atoms with Gasteiger partial charge < -0.3 is 19.8 Å². The first-order valence-corrected chi connectivity index (χ1v) is 11.6. The van der Waals surface area contributed by atoms with Crippen LogP contribution in [0.15, 0.2) is 69.2 Å². The van der Waals surface area contributed by atoms with Gasteiger partial charge >= 0.3 is 0 Å². The molecule has 174 valence electrons. The van der Waals surface area contributed by atoms with E-state index in [-0.39, 0.29) is 18.2 Å². The summed E-state index contributed by atoms with van der Waals surface area (Å²) in [6, 6.07) is 15.5. The number of carbonyl (C=O) groups is 2. The Hall–Kier alpha value is -3.27. The number of rotatable bonds is 7. The number of furan rings is 1. The second-order valence-corrected chi connectivity index (χ2v) is 9.09. The summed E-state index contributed by atoms with van der Waals surface area (Å²) in [5, 5.41) is 14.1. The van der Waals surface area contributed by atoms with E-state index in [2.05, 4.69) is 20.8 Å². The number of anilines is 1. The van der Waals surface area contributed by atoms with Crippen molar-refractivity contribution in [1.82, 2.24) is 5.32 Å². The lowest BCUT2D eigenvalue weighted by Gasteiger charge is -2.08. The molecule has 0 radical (unpaired) electrons. The second-order valence-electron chi connectivity index (χ2n) is 7.05. The molecule has 8 nitrogen and oxygen atoms in total. The summed E-state index contributed by atoms with van der Waals surface area (Å²) in [6.07, 6.45) is 1.41. The quantitative estimate of drug-likeness (QED) is 0.331. The van der Waals surface area contributed by atoms with Crippen LogP contribution in [0.25, 0.3) is 11.3 Å². The van der Waals surface area contributed by atoms with Crippen LogP contribution in [0.1, 0.15) is 12.2 Å². The average Bonchev–Trinajstić information content (AvgIpc) is 3.41. The molecule has 0 saturated carbocycles. The molecule has 2 amide bonds. The van der Waals surface area contributed by atoms with Crippen molar-refractivity contribution in [2.24, 2.45) is 10.2 Å². The van der Waals surface area contributed by atoms with Crippen LogP contribution in [-0.2, 0) is 9.59 Å². The highest BCUT2D eigenvalue weighted by molar-refractivity contribution is 8.15. The van der Waals surface area contributed by atoms with E-state index in [1.807, 2.05) is 0 Å². The van der Waals surface area contributed by atoms with Gasteiger partial charge in [0.05, 0.1) is 18.3 Å². The van der Waals surface area contributed by atoms with Gasteiger partial charge in [-0.2, -0.15) is 5.10 Å². The first kappa shape index (κ1) is 23.9. The lowest BCUT2D eigenvalue weighted by atomic mass is 10.2. The molecule has 0 bridgehead atoms. The number of methoxy groups -OCH3 is 1. The van der Waals surface area contributed by atoms with E-state index in [0.29, 0.717) is 43.7 Å². The van der Waals surface area contributed by atoms with Crippen LogP contribution in [0.5, 0.6) is 5.75 Å². The lowest BCUT2D eigenvalue weighted by Crippen LogP contribution is -2.28. The van der Waals surface area contributed by atoms with E-state index in [1.165, 1.54) is 6.21 Å². The molecule has 1 aliphatic rings. The second kappa shape index (κ2) is 10.8. The molecule has 3 aromatic rings. The summed E-state index contributed by atoms with van der Waals surface area (Å²) in [5.41, 5.74) is 1.32. The van der Waals surface area contributed by atoms with Crippen LogP contribution in [0.3, 0.4) is 0 Å². The molecule has 1 unspecified atom stereocenters. The van der Waals surface area contributed by atoms with Crippen LogP contribution in [0.2, 0.25) is 10.0 Å². The normalized spacial score (nSPS) is 16.7. The molecule has 34 heavy (non-hydrogen) atoms. The molecule has 0 aliphatic carbocycles. The molecule has 11 heteroatoms. The van der Waals surface area contributed by atoms with Gasteiger partial charge in [0.1, 0.15) is 22.5 Å². The minimum Gasteiger partial charge on any atom is -0.497 e. The van der Waals surface area contributed by atoms with Gasteiger partial charge in [0, 0.05) is 22.7 Å². The Kier molecular flexibility index (Phi) is 7.56. The molecule has 1 atom stereocenters. The van der Waals surface area contributed by atoms with Gasteiger partial charge in [-0.05, 0) is 54.6 Å². The molecular formula is C23H18Cl2N4O4S. The third-order valence-electron chi connectivity index (χ3n) is 4.68. The number of hydrogen-bond donors (Lipinski definition) is 2. The Morgan fingerprint density at radius 3 is 2.74 bits per heavy atom. The van der Waals surface area contributed by atoms with Crippen molar-refractivity contribution >= 4 is 63.8 Å². The zero-order chi connectivity index (χ0) is 24.1. The smallest absolute Gasteiger partial charge is 0.240 e. The molecule has 1 saturated heterocycles. The van der Waals surface area contributed by atoms with E-state index < -0.39 is 5.25 Å². The number of hydrogen-bond acceptors (Lipinski definition) is 7. The minimum atomic E-state index is -0.602. The lowest BCUT2D eigenvalue weighted by molar-refractivity contribution is -0.122. The van der Waals surface area contributed by atoms with Gasteiger partial charge in [-0.3, -0.25) is 9.59 Å². The molecule has 1 aliphatic heterocycles. The SMILES string of the molecule is COc1ccc(NC(=O)CC2S/C(=N/N=C/c3ccc(-c4ccc(Cl)cc4Cl)o3)NC2=O)cc1. The number of amidine groups is 1. The molecule has 2 heterocycles. The average molecular weight is 517 g/mol. The van der Waals surface area contributed by atoms with Gasteiger partial charge in [-0.25, -0.2) is 0 Å². The van der Waals surface area contributed by atoms with Crippen molar-refractivity contribution < 1.29 is 18.7 Å². The Labute approximate surface area is 209 Å². The van der Waals surface area contributed by atoms with Crippen molar-refractivity contribution in [2.45, 2.75) is 11.7 Å². The highest BCUT2D eigenvalue weighted by Gasteiger charge is 2.32. The van der Waals surface area contributed by atoms with Gasteiger partial charge in [-0.15, -0.1) is 5.10 Å². The third-order valence-corrected chi connectivity index (χ3v) is 6.30. The largest absolute Gasteiger partial charge is 0.497 e. The van der Waals surface area contributed by atoms with Gasteiger partial charge in [0.25, 0.3) is 0 Å². The number of thioether (sulfide) groups is 1. The number of carbonyl (C=O) groups excluding carboxylic acids is 2. The summed E-state index contributed by atoms with van der Waals surface area (Å²) < 4.78 is 10.8. The zero-order valence-corrected chi connectivity index (χ0v) is 20.1. The maximum absolute atomic E-state index is 12.3. The summed E-state index contributed by atoms with van der Waals surface area (Å²) in [6.45, 7) is 0. The molecule has 1 aromatic heterocycles. The van der Waals surface area contributed by atoms with E-state index >= 15 is 0 Å². The van der Waals surface area contributed by atoms with Crippen molar-refractivity contribution in [3.05, 3.63) is 70.4 Å². The molecule has 0 spiro atoms. The molecule has 2 aromatic carbocycles. The third kappa shape index (κ3) is 5.99. The maximum atomic E-state index is 12.3. The van der Waals surface area contributed by atoms with Crippen LogP contribution >= 0.6 is 35.0 Å². The number of benzene rings is 2. The number of ether oxygens (including phenoxy) is 1. The fraction of sp³-hybridized carbons (Fsp3) is 0.130. The van der Waals surface area contributed by atoms with Crippen molar-refractivity contribution in [3.63, 3.8) is 0 Å². The molecule has 1 fully saturated rings. The van der Waals surface area contributed by atoms with Gasteiger partial charge in [0.15, 0.2) is 5.17 Å². The summed E-state index contributed by atoms with van der Waals surface area (Å²) in [7, 11) is 1.57. The van der Waals surface area contributed by atoms with Crippen molar-refractivity contribution in [3.8, 4) is 17.1 Å². The first-order valence-electron chi connectivity index (χ1n) is 9.99. The number of halogens is 2. The zero-order valence-electron chi connectivity index (χ0n) is 17.7. The summed E-state index contributed by atoms with van der Waals surface area (Å²) >= 11 is 13.3. The number of nitrogens with one attached hydrogen (secondary N) is 2. The Balaban J connectivity index is 1.32. The van der Waals surface area contributed by atoms with E-state index in [0.717, 1.165) is 11.8 Å². The summed E-state index contributed by atoms with van der Waals surface area (Å²) in [4.78, 5) is 24.5. The number of nitrogens with zero attached hydrogens (tertiary/aromatic N) is 2. The van der Waals surface area contributed by atoms with Crippen LogP contribution in [0.4, 0.5) is 5.69 Å². The standard InChI is InChI=1S/C23H18Cl2N4O4S/c1-32-15-5-3-14(4-6-15)27-21(30)11-20-22(31)28-23(34-20)29-26-12-16-7-9-19(33-16)17-8-2-13(24)10-18(17)25/h2-10,12,20H,11H2,1H3,(H,27,30)(H,28,29,31)/b26-12+. The number of amides is 2. The van der Waals surface area contributed by atoms with Gasteiger partial charge in [0.2, 0.25) is 11.8 Å². The van der Waals surface area contributed by atoms with Crippen LogP contribution < -0.4 is 15.4 Å². The predicted molar refractivity (Wildman–Crippen MR) is 135 cm³/mol. The Bertz CT molecular complexity index is 1270. The Morgan fingerprint density at radius 1 is 1.21 bits per heavy atom.